The smallest absolute Gasteiger partial charge is 0.237 e. The topological polar surface area (TPSA) is 92.3 Å². The number of benzene rings is 2. The van der Waals surface area contributed by atoms with Gasteiger partial charge in [0.05, 0.1) is 23.3 Å². The molecule has 1 fully saturated rings. The van der Waals surface area contributed by atoms with Crippen molar-refractivity contribution < 1.29 is 13.2 Å². The summed E-state index contributed by atoms with van der Waals surface area (Å²) in [6, 6.07) is 18.9. The number of para-hydroxylation sites is 1. The van der Waals surface area contributed by atoms with Crippen molar-refractivity contribution in [1.29, 1.82) is 0 Å². The maximum Gasteiger partial charge on any atom is 0.237 e. The zero-order valence-corrected chi connectivity index (χ0v) is 19.1. The number of hydrogen-bond donors (Lipinski definition) is 1. The van der Waals surface area contributed by atoms with Crippen LogP contribution < -0.4 is 10.2 Å². The summed E-state index contributed by atoms with van der Waals surface area (Å²) < 4.78 is 24.6. The lowest BCUT2D eigenvalue weighted by Gasteiger charge is -2.28. The van der Waals surface area contributed by atoms with E-state index >= 15 is 0 Å². The fraction of sp³-hybridized carbons (Fsp3) is 0.286. The number of hydrogen-bond acceptors (Lipinski definition) is 8. The molecule has 0 aliphatic carbocycles. The number of carbonyl (C=O) groups excluding carboxylic acids is 1. The number of amides is 1. The molecular formula is C21H22N4O3S3. The Kier molecular flexibility index (Phi) is 6.89. The summed E-state index contributed by atoms with van der Waals surface area (Å²) >= 11 is 2.71. The Morgan fingerprint density at radius 3 is 2.48 bits per heavy atom. The van der Waals surface area contributed by atoms with Crippen LogP contribution in [0.15, 0.2) is 65.0 Å². The number of nitrogens with zero attached hydrogens (tertiary/aromatic N) is 3. The number of carbonyl (C=O) groups is 1. The third-order valence-corrected chi connectivity index (χ3v) is 8.64. The van der Waals surface area contributed by atoms with E-state index in [1.54, 1.807) is 4.90 Å². The maximum absolute atomic E-state index is 13.1. The van der Waals surface area contributed by atoms with Crippen molar-refractivity contribution in [2.45, 2.75) is 23.3 Å². The molecule has 1 aromatic heterocycles. The minimum Gasteiger partial charge on any atom is -0.356 e. The van der Waals surface area contributed by atoms with E-state index in [-0.39, 0.29) is 29.2 Å². The Balaban J connectivity index is 1.38. The van der Waals surface area contributed by atoms with Gasteiger partial charge in [-0.15, -0.1) is 10.2 Å². The molecule has 0 radical (unpaired) electrons. The van der Waals surface area contributed by atoms with Crippen LogP contribution in [0.4, 0.5) is 10.8 Å². The van der Waals surface area contributed by atoms with Gasteiger partial charge >= 0.3 is 0 Å². The van der Waals surface area contributed by atoms with Gasteiger partial charge in [-0.2, -0.15) is 0 Å². The SMILES string of the molecule is O=C(CSc1nnc(NCc2ccccc2)s1)N(c1ccccc1)C1CCS(=O)(=O)C1. The number of thioether (sulfide) groups is 1. The molecule has 162 valence electrons. The maximum atomic E-state index is 13.1. The van der Waals surface area contributed by atoms with Gasteiger partial charge in [0.2, 0.25) is 11.0 Å². The Morgan fingerprint density at radius 1 is 1.10 bits per heavy atom. The number of anilines is 2. The Labute approximate surface area is 189 Å². The summed E-state index contributed by atoms with van der Waals surface area (Å²) in [7, 11) is -3.10. The van der Waals surface area contributed by atoms with E-state index in [9.17, 15) is 13.2 Å². The van der Waals surface area contributed by atoms with Crippen LogP contribution in [0.3, 0.4) is 0 Å². The highest BCUT2D eigenvalue weighted by molar-refractivity contribution is 8.01. The Morgan fingerprint density at radius 2 is 1.81 bits per heavy atom. The van der Waals surface area contributed by atoms with Crippen molar-refractivity contribution in [2.75, 3.05) is 27.5 Å². The van der Waals surface area contributed by atoms with Gasteiger partial charge in [-0.1, -0.05) is 71.6 Å². The predicted octanol–water partition coefficient (Wildman–Crippen LogP) is 3.46. The van der Waals surface area contributed by atoms with Crippen LogP contribution in [-0.4, -0.2) is 47.8 Å². The third-order valence-electron chi connectivity index (χ3n) is 4.89. The van der Waals surface area contributed by atoms with Gasteiger partial charge in [0, 0.05) is 12.2 Å². The van der Waals surface area contributed by atoms with E-state index in [2.05, 4.69) is 15.5 Å². The van der Waals surface area contributed by atoms with Crippen molar-refractivity contribution in [3.63, 3.8) is 0 Å². The monoisotopic (exact) mass is 474 g/mol. The molecule has 1 unspecified atom stereocenters. The predicted molar refractivity (Wildman–Crippen MR) is 125 cm³/mol. The molecule has 31 heavy (non-hydrogen) atoms. The fourth-order valence-corrected chi connectivity index (χ4v) is 6.74. The molecule has 3 aromatic rings. The second-order valence-corrected chi connectivity index (χ2v) is 11.6. The number of sulfone groups is 1. The van der Waals surface area contributed by atoms with E-state index in [4.69, 9.17) is 0 Å². The summed E-state index contributed by atoms with van der Waals surface area (Å²) in [5.41, 5.74) is 1.87. The van der Waals surface area contributed by atoms with Gasteiger partial charge in [0.1, 0.15) is 0 Å². The first-order valence-corrected chi connectivity index (χ1v) is 13.4. The first-order valence-electron chi connectivity index (χ1n) is 9.82. The second kappa shape index (κ2) is 9.80. The van der Waals surface area contributed by atoms with Gasteiger partial charge in [0.25, 0.3) is 0 Å². The zero-order chi connectivity index (χ0) is 21.7. The van der Waals surface area contributed by atoms with Gasteiger partial charge in [-0.3, -0.25) is 4.79 Å². The van der Waals surface area contributed by atoms with Gasteiger partial charge in [-0.05, 0) is 24.1 Å². The highest BCUT2D eigenvalue weighted by Crippen LogP contribution is 2.29. The van der Waals surface area contributed by atoms with Gasteiger partial charge in [0.15, 0.2) is 14.2 Å². The van der Waals surface area contributed by atoms with Crippen LogP contribution in [0, 0.1) is 0 Å². The largest absolute Gasteiger partial charge is 0.356 e. The van der Waals surface area contributed by atoms with E-state index in [1.807, 2.05) is 60.7 Å². The molecule has 10 heteroatoms. The molecule has 0 bridgehead atoms. The molecule has 7 nitrogen and oxygen atoms in total. The number of nitrogens with one attached hydrogen (secondary N) is 1. The summed E-state index contributed by atoms with van der Waals surface area (Å²) in [5, 5.41) is 12.2. The molecule has 1 aliphatic heterocycles. The van der Waals surface area contributed by atoms with E-state index in [1.165, 1.54) is 23.1 Å². The van der Waals surface area contributed by atoms with E-state index in [0.717, 1.165) is 11.3 Å². The second-order valence-electron chi connectivity index (χ2n) is 7.16. The minimum atomic E-state index is -3.10. The average Bonchev–Trinajstić information content (AvgIpc) is 3.38. The van der Waals surface area contributed by atoms with E-state index in [0.29, 0.717) is 22.4 Å². The van der Waals surface area contributed by atoms with Crippen molar-refractivity contribution in [1.82, 2.24) is 10.2 Å². The lowest BCUT2D eigenvalue weighted by Crippen LogP contribution is -2.42. The highest BCUT2D eigenvalue weighted by atomic mass is 32.2. The lowest BCUT2D eigenvalue weighted by molar-refractivity contribution is -0.116. The van der Waals surface area contributed by atoms with Crippen LogP contribution >= 0.6 is 23.1 Å². The first-order chi connectivity index (χ1) is 15.0. The molecule has 1 saturated heterocycles. The van der Waals surface area contributed by atoms with E-state index < -0.39 is 9.84 Å². The minimum absolute atomic E-state index is 0.00463. The standard InChI is InChI=1S/C21H22N4O3S3/c26-19(25(17-9-5-2-6-10-17)18-11-12-31(27,28)15-18)14-29-21-24-23-20(30-21)22-13-16-7-3-1-4-8-16/h1-10,18H,11-15H2,(H,22,23). The average molecular weight is 475 g/mol. The van der Waals surface area contributed by atoms with Crippen LogP contribution in [0.2, 0.25) is 0 Å². The van der Waals surface area contributed by atoms with Crippen LogP contribution in [0.5, 0.6) is 0 Å². The summed E-state index contributed by atoms with van der Waals surface area (Å²) in [5.74, 6) is 0.157. The zero-order valence-electron chi connectivity index (χ0n) is 16.7. The quantitative estimate of drug-likeness (QED) is 0.500. The van der Waals surface area contributed by atoms with Gasteiger partial charge < -0.3 is 10.2 Å². The number of rotatable bonds is 8. The molecule has 4 rings (SSSR count). The van der Waals surface area contributed by atoms with Crippen molar-refractivity contribution in [2.24, 2.45) is 0 Å². The molecule has 1 atom stereocenters. The fourth-order valence-electron chi connectivity index (χ4n) is 3.43. The molecule has 0 saturated carbocycles. The summed E-state index contributed by atoms with van der Waals surface area (Å²) in [6.07, 6.45) is 0.458. The lowest BCUT2D eigenvalue weighted by atomic mass is 10.2. The summed E-state index contributed by atoms with van der Waals surface area (Å²) in [6.45, 7) is 0.650. The van der Waals surface area contributed by atoms with Crippen LogP contribution in [0.25, 0.3) is 0 Å². The van der Waals surface area contributed by atoms with Crippen molar-refractivity contribution >= 4 is 49.7 Å². The Hall–Kier alpha value is -2.43. The highest BCUT2D eigenvalue weighted by Gasteiger charge is 2.35. The molecular weight excluding hydrogens is 452 g/mol. The molecule has 2 aromatic carbocycles. The number of aromatic nitrogens is 2. The normalized spacial score (nSPS) is 17.4. The third kappa shape index (κ3) is 5.84. The summed E-state index contributed by atoms with van der Waals surface area (Å²) in [4.78, 5) is 14.7. The van der Waals surface area contributed by atoms with Gasteiger partial charge in [-0.25, -0.2) is 8.42 Å². The molecule has 1 N–H and O–H groups in total. The van der Waals surface area contributed by atoms with Crippen LogP contribution in [-0.2, 0) is 21.2 Å². The molecule has 1 aliphatic rings. The molecule has 2 heterocycles. The molecule has 0 spiro atoms. The van der Waals surface area contributed by atoms with Crippen molar-refractivity contribution in [3.05, 3.63) is 66.2 Å². The van der Waals surface area contributed by atoms with Crippen LogP contribution in [0.1, 0.15) is 12.0 Å². The van der Waals surface area contributed by atoms with Crippen molar-refractivity contribution in [3.8, 4) is 0 Å². The Bertz CT molecular complexity index is 1120. The first kappa shape index (κ1) is 21.8. The molecule has 1 amide bonds.